The van der Waals surface area contributed by atoms with Gasteiger partial charge in [-0.2, -0.15) is 0 Å². The quantitative estimate of drug-likeness (QED) is 0.744. The molecule has 1 heterocycles. The van der Waals surface area contributed by atoms with E-state index in [4.69, 9.17) is 10.8 Å². The van der Waals surface area contributed by atoms with E-state index in [9.17, 15) is 9.59 Å². The maximum Gasteiger partial charge on any atom is 0.320 e. The number of hydrogen-bond acceptors (Lipinski definition) is 4. The molecule has 15 heavy (non-hydrogen) atoms. The van der Waals surface area contributed by atoms with Crippen LogP contribution in [0.5, 0.6) is 0 Å². The first-order valence-corrected chi connectivity index (χ1v) is 5.45. The third-order valence-electron chi connectivity index (χ3n) is 2.20. The summed E-state index contributed by atoms with van der Waals surface area (Å²) in [5.41, 5.74) is 5.41. The van der Waals surface area contributed by atoms with E-state index in [1.54, 1.807) is 19.1 Å². The highest BCUT2D eigenvalue weighted by Crippen LogP contribution is 2.16. The predicted octanol–water partition coefficient (Wildman–Crippen LogP) is 1.37. The Hall–Kier alpha value is -1.20. The molecule has 1 rings (SSSR count). The topological polar surface area (TPSA) is 80.4 Å². The summed E-state index contributed by atoms with van der Waals surface area (Å²) in [4.78, 5) is 22.8. The predicted molar refractivity (Wildman–Crippen MR) is 58.0 cm³/mol. The number of carboxylic acids is 1. The summed E-state index contributed by atoms with van der Waals surface area (Å²) < 4.78 is 0. The maximum absolute atomic E-state index is 11.6. The van der Waals surface area contributed by atoms with Crippen molar-refractivity contribution >= 4 is 23.1 Å². The molecule has 82 valence electrons. The first-order chi connectivity index (χ1) is 7.02. The molecule has 1 aromatic rings. The van der Waals surface area contributed by atoms with Crippen LogP contribution in [0.25, 0.3) is 0 Å². The van der Waals surface area contributed by atoms with E-state index in [0.717, 1.165) is 0 Å². The van der Waals surface area contributed by atoms with Crippen LogP contribution in [0.2, 0.25) is 0 Å². The highest BCUT2D eigenvalue weighted by atomic mass is 32.1. The minimum absolute atomic E-state index is 0.0470. The van der Waals surface area contributed by atoms with Crippen LogP contribution in [-0.2, 0) is 4.79 Å². The third kappa shape index (κ3) is 3.14. The van der Waals surface area contributed by atoms with Gasteiger partial charge in [0.05, 0.1) is 4.88 Å². The van der Waals surface area contributed by atoms with Crippen LogP contribution < -0.4 is 5.73 Å². The van der Waals surface area contributed by atoms with Crippen LogP contribution in [0.3, 0.4) is 0 Å². The second kappa shape index (κ2) is 5.04. The summed E-state index contributed by atoms with van der Waals surface area (Å²) in [6, 6.07) is 2.54. The van der Waals surface area contributed by atoms with E-state index in [2.05, 4.69) is 0 Å². The van der Waals surface area contributed by atoms with E-state index in [1.807, 2.05) is 5.38 Å². The Balaban J connectivity index is 2.56. The van der Waals surface area contributed by atoms with Crippen LogP contribution >= 0.6 is 11.3 Å². The Bertz CT molecular complexity index is 348. The number of nitrogens with two attached hydrogens (primary N) is 1. The average molecular weight is 227 g/mol. The zero-order valence-electron chi connectivity index (χ0n) is 8.34. The molecule has 3 N–H and O–H groups in total. The number of aliphatic carboxylic acids is 1. The second-order valence-electron chi connectivity index (χ2n) is 3.45. The summed E-state index contributed by atoms with van der Waals surface area (Å²) in [6.07, 6.45) is 0.175. The number of Topliss-reactive ketones (excluding diaryl/α,β-unsaturated/α-hetero) is 1. The van der Waals surface area contributed by atoms with Crippen molar-refractivity contribution in [2.45, 2.75) is 19.4 Å². The van der Waals surface area contributed by atoms with Crippen LogP contribution in [0.15, 0.2) is 17.5 Å². The van der Waals surface area contributed by atoms with Crippen LogP contribution in [0.4, 0.5) is 0 Å². The normalized spacial score (nSPS) is 14.5. The molecule has 0 aromatic carbocycles. The zero-order chi connectivity index (χ0) is 11.4. The van der Waals surface area contributed by atoms with Gasteiger partial charge in [0, 0.05) is 6.42 Å². The molecule has 1 unspecified atom stereocenters. The molecule has 5 heteroatoms. The van der Waals surface area contributed by atoms with Gasteiger partial charge < -0.3 is 10.8 Å². The molecule has 0 fully saturated rings. The molecule has 1 aromatic heterocycles. The monoisotopic (exact) mass is 227 g/mol. The van der Waals surface area contributed by atoms with Crippen LogP contribution in [0, 0.1) is 5.92 Å². The van der Waals surface area contributed by atoms with Crippen molar-refractivity contribution < 1.29 is 14.7 Å². The fourth-order valence-corrected chi connectivity index (χ4v) is 1.88. The molecule has 0 saturated heterocycles. The lowest BCUT2D eigenvalue weighted by Crippen LogP contribution is -2.37. The molecule has 0 radical (unpaired) electrons. The van der Waals surface area contributed by atoms with Gasteiger partial charge in [-0.1, -0.05) is 13.0 Å². The Kier molecular flexibility index (Phi) is 3.99. The van der Waals surface area contributed by atoms with Crippen molar-refractivity contribution in [1.29, 1.82) is 0 Å². The van der Waals surface area contributed by atoms with Crippen LogP contribution in [-0.4, -0.2) is 22.9 Å². The molecule has 0 amide bonds. The highest BCUT2D eigenvalue weighted by molar-refractivity contribution is 7.12. The third-order valence-corrected chi connectivity index (χ3v) is 3.11. The van der Waals surface area contributed by atoms with Crippen molar-refractivity contribution in [3.63, 3.8) is 0 Å². The molecular formula is C10H13NO3S. The first kappa shape index (κ1) is 11.9. The summed E-state index contributed by atoms with van der Waals surface area (Å²) in [5, 5.41) is 10.5. The van der Waals surface area contributed by atoms with E-state index < -0.39 is 12.0 Å². The molecule has 0 spiro atoms. The lowest BCUT2D eigenvalue weighted by Gasteiger charge is -2.14. The van der Waals surface area contributed by atoms with Gasteiger partial charge in [0.15, 0.2) is 5.78 Å². The minimum atomic E-state index is -1.07. The standard InChI is InChI=1S/C10H13NO3S/c1-6(9(11)10(13)14)5-7(12)8-3-2-4-15-8/h2-4,6,9H,5,11H2,1H3,(H,13,14)/t6?,9-/m0/s1. The van der Waals surface area contributed by atoms with Crippen molar-refractivity contribution in [2.75, 3.05) is 0 Å². The number of carbonyl (C=O) groups is 2. The number of carboxylic acid groups (broad SMARTS) is 1. The van der Waals surface area contributed by atoms with Crippen molar-refractivity contribution in [2.24, 2.45) is 11.7 Å². The summed E-state index contributed by atoms with van der Waals surface area (Å²) in [5.74, 6) is -1.47. The Morgan fingerprint density at radius 3 is 2.73 bits per heavy atom. The van der Waals surface area contributed by atoms with Gasteiger partial charge in [-0.05, 0) is 17.4 Å². The number of rotatable bonds is 5. The summed E-state index contributed by atoms with van der Waals surface area (Å²) in [7, 11) is 0. The molecule has 2 atom stereocenters. The second-order valence-corrected chi connectivity index (χ2v) is 4.39. The molecule has 0 aliphatic heterocycles. The first-order valence-electron chi connectivity index (χ1n) is 4.57. The van der Waals surface area contributed by atoms with E-state index >= 15 is 0 Å². The van der Waals surface area contributed by atoms with Gasteiger partial charge >= 0.3 is 5.97 Å². The van der Waals surface area contributed by atoms with Gasteiger partial charge in [0.1, 0.15) is 6.04 Å². The van der Waals surface area contributed by atoms with Gasteiger partial charge in [-0.25, -0.2) is 0 Å². The average Bonchev–Trinajstić information content (AvgIpc) is 2.68. The molecule has 0 aliphatic rings. The van der Waals surface area contributed by atoms with E-state index in [0.29, 0.717) is 4.88 Å². The zero-order valence-corrected chi connectivity index (χ0v) is 9.16. The Labute approximate surface area is 91.7 Å². The van der Waals surface area contributed by atoms with Gasteiger partial charge in [-0.15, -0.1) is 11.3 Å². The lowest BCUT2D eigenvalue weighted by molar-refractivity contribution is -0.139. The van der Waals surface area contributed by atoms with Crippen molar-refractivity contribution in [1.82, 2.24) is 0 Å². The van der Waals surface area contributed by atoms with E-state index in [1.165, 1.54) is 11.3 Å². The summed E-state index contributed by atoms with van der Waals surface area (Å²) >= 11 is 1.36. The number of ketones is 1. The fourth-order valence-electron chi connectivity index (χ4n) is 1.20. The summed E-state index contributed by atoms with van der Waals surface area (Å²) in [6.45, 7) is 1.67. The van der Waals surface area contributed by atoms with Gasteiger partial charge in [0.2, 0.25) is 0 Å². The van der Waals surface area contributed by atoms with Gasteiger partial charge in [-0.3, -0.25) is 9.59 Å². The molecule has 0 aliphatic carbocycles. The van der Waals surface area contributed by atoms with Crippen molar-refractivity contribution in [3.05, 3.63) is 22.4 Å². The Morgan fingerprint density at radius 2 is 2.27 bits per heavy atom. The SMILES string of the molecule is CC(CC(=O)c1cccs1)[C@H](N)C(=O)O. The largest absolute Gasteiger partial charge is 0.480 e. The molecule has 0 saturated carbocycles. The number of thiophene rings is 1. The lowest BCUT2D eigenvalue weighted by atomic mass is 9.96. The molecular weight excluding hydrogens is 214 g/mol. The number of hydrogen-bond donors (Lipinski definition) is 2. The van der Waals surface area contributed by atoms with Gasteiger partial charge in [0.25, 0.3) is 0 Å². The smallest absolute Gasteiger partial charge is 0.320 e. The van der Waals surface area contributed by atoms with E-state index in [-0.39, 0.29) is 18.1 Å². The number of carbonyl (C=O) groups excluding carboxylic acids is 1. The molecule has 0 bridgehead atoms. The Morgan fingerprint density at radius 1 is 1.60 bits per heavy atom. The van der Waals surface area contributed by atoms with Crippen LogP contribution in [0.1, 0.15) is 23.0 Å². The fraction of sp³-hybridized carbons (Fsp3) is 0.400. The minimum Gasteiger partial charge on any atom is -0.480 e. The van der Waals surface area contributed by atoms with Crippen molar-refractivity contribution in [3.8, 4) is 0 Å². The maximum atomic E-state index is 11.6. The molecule has 4 nitrogen and oxygen atoms in total. The highest BCUT2D eigenvalue weighted by Gasteiger charge is 2.23.